The second-order valence-corrected chi connectivity index (χ2v) is 11.9. The van der Waals surface area contributed by atoms with E-state index in [1.165, 1.54) is 0 Å². The number of halogens is 3. The van der Waals surface area contributed by atoms with E-state index in [2.05, 4.69) is 25.8 Å². The quantitative estimate of drug-likeness (QED) is 0.419. The molecule has 3 atom stereocenters. The van der Waals surface area contributed by atoms with Gasteiger partial charge in [-0.3, -0.25) is 14.6 Å². The number of pyridine rings is 1. The number of dihydropyridines is 1. The number of hydrogen-bond donors (Lipinski definition) is 3. The normalized spacial score (nSPS) is 29.9. The van der Waals surface area contributed by atoms with Gasteiger partial charge in [-0.2, -0.15) is 13.2 Å². The molecule has 2 saturated heterocycles. The van der Waals surface area contributed by atoms with Crippen LogP contribution in [-0.2, 0) is 20.1 Å². The number of carbonyl (C=O) groups is 2. The molecule has 1 aromatic rings. The molecular formula is C31H43F3N6O3. The Labute approximate surface area is 251 Å². The first-order chi connectivity index (χ1) is 20.6. The second kappa shape index (κ2) is 13.3. The first-order valence-electron chi connectivity index (χ1n) is 15.5. The lowest BCUT2D eigenvalue weighted by atomic mass is 9.81. The number of rotatable bonds is 8. The van der Waals surface area contributed by atoms with Crippen LogP contribution in [-0.4, -0.2) is 84.2 Å². The van der Waals surface area contributed by atoms with Crippen molar-refractivity contribution >= 4 is 11.8 Å². The minimum Gasteiger partial charge on any atom is -0.363 e. The molecule has 9 nitrogen and oxygen atoms in total. The number of nitrogens with zero attached hydrogens (tertiary/aromatic N) is 3. The first kappa shape index (κ1) is 31.3. The summed E-state index contributed by atoms with van der Waals surface area (Å²) in [5.41, 5.74) is 0.812. The lowest BCUT2D eigenvalue weighted by Gasteiger charge is -2.46. The molecule has 4 aliphatic rings. The summed E-state index contributed by atoms with van der Waals surface area (Å²) in [4.78, 5) is 35.6. The van der Waals surface area contributed by atoms with Crippen LogP contribution in [0.15, 0.2) is 48.1 Å². The summed E-state index contributed by atoms with van der Waals surface area (Å²) in [6.07, 6.45) is 5.17. The van der Waals surface area contributed by atoms with Crippen molar-refractivity contribution in [2.24, 2.45) is 11.8 Å². The van der Waals surface area contributed by atoms with Crippen molar-refractivity contribution in [3.63, 3.8) is 0 Å². The van der Waals surface area contributed by atoms with Crippen LogP contribution in [0.1, 0.15) is 57.9 Å². The lowest BCUT2D eigenvalue weighted by Crippen LogP contribution is -2.57. The number of ether oxygens (including phenoxy) is 1. The average Bonchev–Trinajstić information content (AvgIpc) is 3.53. The van der Waals surface area contributed by atoms with E-state index in [1.54, 1.807) is 12.4 Å². The number of hydrogen-bond acceptors (Lipinski definition) is 7. The molecule has 0 bridgehead atoms. The summed E-state index contributed by atoms with van der Waals surface area (Å²) in [5.74, 6) is -1.96. The number of allylic oxidation sites excluding steroid dienone is 1. The zero-order valence-electron chi connectivity index (χ0n) is 25.0. The standard InChI is InChI=1S/C31H43F3N6O3/c1-3-25-20-39(29(42)21-7-9-22(10-8-21)31(32,33)34)16-17-40(25)26-11-13-30(43-4-2,23-6-5-14-35-18-23)38-27(26)28(41)37-24-12-15-36-19-24/h5-6,11,13-14,18,21-22,24-25,36,38H,3-4,7-10,12,15-17,19-20H2,1-2H3,(H,37,41)/t21-,22+,24-,25-,30?/m1/s1. The third kappa shape index (κ3) is 6.85. The van der Waals surface area contributed by atoms with Crippen LogP contribution >= 0.6 is 0 Å². The van der Waals surface area contributed by atoms with E-state index in [4.69, 9.17) is 4.74 Å². The maximum Gasteiger partial charge on any atom is 0.391 e. The maximum atomic E-state index is 13.9. The van der Waals surface area contributed by atoms with Crippen LogP contribution in [0, 0.1) is 11.8 Å². The number of amides is 2. The molecule has 236 valence electrons. The largest absolute Gasteiger partial charge is 0.391 e. The fourth-order valence-corrected chi connectivity index (χ4v) is 6.81. The van der Waals surface area contributed by atoms with Gasteiger partial charge >= 0.3 is 6.18 Å². The molecule has 2 amide bonds. The van der Waals surface area contributed by atoms with Gasteiger partial charge < -0.3 is 30.5 Å². The number of aromatic nitrogens is 1. The Hall–Kier alpha value is -3.12. The molecule has 1 unspecified atom stereocenters. The summed E-state index contributed by atoms with van der Waals surface area (Å²) in [5, 5.41) is 9.89. The molecule has 0 radical (unpaired) electrons. The lowest BCUT2D eigenvalue weighted by molar-refractivity contribution is -0.185. The Morgan fingerprint density at radius 2 is 1.95 bits per heavy atom. The fourth-order valence-electron chi connectivity index (χ4n) is 6.81. The van der Waals surface area contributed by atoms with Gasteiger partial charge in [0, 0.05) is 68.7 Å². The minimum atomic E-state index is -4.20. The molecule has 3 aliphatic heterocycles. The third-order valence-corrected chi connectivity index (χ3v) is 9.24. The SMILES string of the molecule is CCOC1(c2cccnc2)C=CC(N2CCN(C(=O)[C@H]3CC[C@@H](C(F)(F)F)CC3)C[C@H]2CC)=C(C(=O)N[C@@H]2CCNC2)N1. The van der Waals surface area contributed by atoms with Gasteiger partial charge in [-0.25, -0.2) is 0 Å². The summed E-state index contributed by atoms with van der Waals surface area (Å²) < 4.78 is 45.7. The van der Waals surface area contributed by atoms with Crippen molar-refractivity contribution in [2.45, 2.75) is 76.4 Å². The van der Waals surface area contributed by atoms with Crippen molar-refractivity contribution in [3.8, 4) is 0 Å². The highest BCUT2D eigenvalue weighted by atomic mass is 19.4. The van der Waals surface area contributed by atoms with Crippen LogP contribution in [0.2, 0.25) is 0 Å². The number of alkyl halides is 3. The highest BCUT2D eigenvalue weighted by Crippen LogP contribution is 2.40. The van der Waals surface area contributed by atoms with Gasteiger partial charge in [-0.05, 0) is 70.2 Å². The molecule has 43 heavy (non-hydrogen) atoms. The van der Waals surface area contributed by atoms with Crippen LogP contribution < -0.4 is 16.0 Å². The van der Waals surface area contributed by atoms with E-state index in [-0.39, 0.29) is 55.5 Å². The molecule has 0 aromatic carbocycles. The Morgan fingerprint density at radius 3 is 2.58 bits per heavy atom. The van der Waals surface area contributed by atoms with Crippen LogP contribution in [0.4, 0.5) is 13.2 Å². The van der Waals surface area contributed by atoms with E-state index in [0.717, 1.165) is 30.6 Å². The number of nitrogens with one attached hydrogen (secondary N) is 3. The zero-order chi connectivity index (χ0) is 30.6. The monoisotopic (exact) mass is 604 g/mol. The van der Waals surface area contributed by atoms with Gasteiger partial charge in [-0.15, -0.1) is 0 Å². The number of piperazine rings is 1. The molecular weight excluding hydrogens is 561 g/mol. The Kier molecular flexibility index (Phi) is 9.65. The number of carbonyl (C=O) groups excluding carboxylic acids is 2. The van der Waals surface area contributed by atoms with Gasteiger partial charge in [0.15, 0.2) is 5.72 Å². The molecule has 0 spiro atoms. The van der Waals surface area contributed by atoms with Crippen LogP contribution in [0.25, 0.3) is 0 Å². The van der Waals surface area contributed by atoms with E-state index < -0.39 is 17.8 Å². The predicted octanol–water partition coefficient (Wildman–Crippen LogP) is 3.41. The van der Waals surface area contributed by atoms with Crippen molar-refractivity contribution in [2.75, 3.05) is 39.3 Å². The molecule has 4 heterocycles. The van der Waals surface area contributed by atoms with Gasteiger partial charge in [0.1, 0.15) is 5.70 Å². The molecule has 1 aromatic heterocycles. The van der Waals surface area contributed by atoms with Crippen LogP contribution in [0.3, 0.4) is 0 Å². The summed E-state index contributed by atoms with van der Waals surface area (Å²) in [7, 11) is 0. The first-order valence-corrected chi connectivity index (χ1v) is 15.5. The molecule has 1 aliphatic carbocycles. The molecule has 3 N–H and O–H groups in total. The van der Waals surface area contributed by atoms with Crippen molar-refractivity contribution in [1.29, 1.82) is 0 Å². The third-order valence-electron chi connectivity index (χ3n) is 9.24. The highest BCUT2D eigenvalue weighted by molar-refractivity contribution is 5.95. The topological polar surface area (TPSA) is 98.8 Å². The Morgan fingerprint density at radius 1 is 1.16 bits per heavy atom. The average molecular weight is 605 g/mol. The molecule has 1 saturated carbocycles. The van der Waals surface area contributed by atoms with E-state index in [9.17, 15) is 22.8 Å². The van der Waals surface area contributed by atoms with Gasteiger partial charge in [-0.1, -0.05) is 13.0 Å². The summed E-state index contributed by atoms with van der Waals surface area (Å²) in [6.45, 7) is 7.27. The highest BCUT2D eigenvalue weighted by Gasteiger charge is 2.44. The second-order valence-electron chi connectivity index (χ2n) is 11.9. The Bertz CT molecular complexity index is 1190. The minimum absolute atomic E-state index is 0.00787. The van der Waals surface area contributed by atoms with E-state index >= 15 is 0 Å². The van der Waals surface area contributed by atoms with Gasteiger partial charge in [0.25, 0.3) is 5.91 Å². The summed E-state index contributed by atoms with van der Waals surface area (Å²) >= 11 is 0. The van der Waals surface area contributed by atoms with Crippen molar-refractivity contribution < 1.29 is 27.5 Å². The van der Waals surface area contributed by atoms with E-state index in [1.807, 2.05) is 43.0 Å². The molecule has 12 heteroatoms. The fraction of sp³-hybridized carbons (Fsp3) is 0.645. The Balaban J connectivity index is 1.37. The zero-order valence-corrected chi connectivity index (χ0v) is 25.0. The maximum absolute atomic E-state index is 13.9. The van der Waals surface area contributed by atoms with Gasteiger partial charge in [0.2, 0.25) is 5.91 Å². The molecule has 3 fully saturated rings. The van der Waals surface area contributed by atoms with E-state index in [0.29, 0.717) is 38.5 Å². The summed E-state index contributed by atoms with van der Waals surface area (Å²) in [6, 6.07) is 3.67. The van der Waals surface area contributed by atoms with Crippen molar-refractivity contribution in [3.05, 3.63) is 53.6 Å². The molecule has 5 rings (SSSR count). The van der Waals surface area contributed by atoms with Crippen molar-refractivity contribution in [1.82, 2.24) is 30.7 Å². The van der Waals surface area contributed by atoms with Gasteiger partial charge in [0.05, 0.1) is 11.6 Å². The van der Waals surface area contributed by atoms with Crippen LogP contribution in [0.5, 0.6) is 0 Å². The predicted molar refractivity (Wildman–Crippen MR) is 155 cm³/mol. The smallest absolute Gasteiger partial charge is 0.363 e.